The van der Waals surface area contributed by atoms with Gasteiger partial charge in [-0.05, 0) is 30.5 Å². The Bertz CT molecular complexity index is 664. The fourth-order valence-corrected chi connectivity index (χ4v) is 2.74. The van der Waals surface area contributed by atoms with Gasteiger partial charge in [-0.15, -0.1) is 0 Å². The number of nitrogens with zero attached hydrogens (tertiary/aromatic N) is 1. The van der Waals surface area contributed by atoms with Crippen LogP contribution in [-0.2, 0) is 14.4 Å². The maximum atomic E-state index is 13.8. The van der Waals surface area contributed by atoms with Crippen molar-refractivity contribution in [1.29, 1.82) is 0 Å². The molecular formula is C17H21FN2O5. The van der Waals surface area contributed by atoms with Crippen LogP contribution in [0.4, 0.5) is 4.39 Å². The monoisotopic (exact) mass is 352 g/mol. The molecule has 1 aromatic carbocycles. The summed E-state index contributed by atoms with van der Waals surface area (Å²) in [5.41, 5.74) is 0.0846. The first-order valence-electron chi connectivity index (χ1n) is 8.05. The number of methoxy groups -OCH3 is 1. The molecule has 0 spiro atoms. The van der Waals surface area contributed by atoms with Crippen LogP contribution in [0.5, 0.6) is 5.75 Å². The first-order valence-corrected chi connectivity index (χ1v) is 8.05. The molecule has 2 N–H and O–H groups in total. The Kier molecular flexibility index (Phi) is 6.32. The van der Waals surface area contributed by atoms with Crippen LogP contribution in [0.1, 0.15) is 37.3 Å². The van der Waals surface area contributed by atoms with Crippen molar-refractivity contribution in [3.05, 3.63) is 29.6 Å². The van der Waals surface area contributed by atoms with E-state index in [1.807, 2.05) is 0 Å². The summed E-state index contributed by atoms with van der Waals surface area (Å²) in [6.45, 7) is 0.266. The zero-order valence-electron chi connectivity index (χ0n) is 14.0. The molecule has 1 aliphatic heterocycles. The number of carbonyl (C=O) groups is 3. The van der Waals surface area contributed by atoms with E-state index in [1.165, 1.54) is 24.1 Å². The summed E-state index contributed by atoms with van der Waals surface area (Å²) in [7, 11) is 1.30. The van der Waals surface area contributed by atoms with Gasteiger partial charge < -0.3 is 20.1 Å². The summed E-state index contributed by atoms with van der Waals surface area (Å²) in [6.07, 6.45) is 2.91. The molecule has 1 fully saturated rings. The van der Waals surface area contributed by atoms with Crippen molar-refractivity contribution in [1.82, 2.24) is 10.2 Å². The molecule has 8 heteroatoms. The molecule has 0 saturated carbocycles. The number of benzene rings is 1. The normalized spacial score (nSPS) is 16.1. The first-order chi connectivity index (χ1) is 11.9. The minimum atomic E-state index is -1.41. The molecule has 25 heavy (non-hydrogen) atoms. The topological polar surface area (TPSA) is 95.9 Å². The summed E-state index contributed by atoms with van der Waals surface area (Å²) in [6, 6.07) is 2.27. The van der Waals surface area contributed by atoms with E-state index in [2.05, 4.69) is 5.32 Å². The zero-order valence-corrected chi connectivity index (χ0v) is 14.0. The minimum Gasteiger partial charge on any atom is -0.494 e. The number of hydrogen-bond donors (Lipinski definition) is 2. The first kappa shape index (κ1) is 18.7. The molecule has 2 amide bonds. The van der Waals surface area contributed by atoms with Crippen LogP contribution in [0.25, 0.3) is 0 Å². The predicted molar refractivity (Wildman–Crippen MR) is 86.5 cm³/mol. The number of ether oxygens (including phenoxy) is 1. The minimum absolute atomic E-state index is 0.0191. The van der Waals surface area contributed by atoms with E-state index >= 15 is 0 Å². The fourth-order valence-electron chi connectivity index (χ4n) is 2.74. The van der Waals surface area contributed by atoms with Crippen molar-refractivity contribution in [2.24, 2.45) is 0 Å². The van der Waals surface area contributed by atoms with Gasteiger partial charge in [0.05, 0.1) is 13.7 Å². The van der Waals surface area contributed by atoms with Crippen molar-refractivity contribution < 1.29 is 28.6 Å². The highest BCUT2D eigenvalue weighted by atomic mass is 19.1. The Morgan fingerprint density at radius 2 is 2.12 bits per heavy atom. The third kappa shape index (κ3) is 4.91. The van der Waals surface area contributed by atoms with Gasteiger partial charge in [-0.2, -0.15) is 0 Å². The lowest BCUT2D eigenvalue weighted by atomic mass is 10.1. The maximum Gasteiger partial charge on any atom is 0.330 e. The van der Waals surface area contributed by atoms with E-state index in [0.717, 1.165) is 25.3 Å². The Morgan fingerprint density at radius 1 is 1.36 bits per heavy atom. The second-order valence-corrected chi connectivity index (χ2v) is 5.86. The number of rotatable bonds is 6. The van der Waals surface area contributed by atoms with Crippen LogP contribution in [0.2, 0.25) is 0 Å². The molecule has 1 saturated heterocycles. The van der Waals surface area contributed by atoms with Gasteiger partial charge in [-0.3, -0.25) is 9.59 Å². The third-order valence-corrected chi connectivity index (χ3v) is 4.07. The number of halogens is 1. The number of carboxylic acids is 1. The molecule has 0 aliphatic carbocycles. The van der Waals surface area contributed by atoms with E-state index in [4.69, 9.17) is 4.74 Å². The second-order valence-electron chi connectivity index (χ2n) is 5.86. The van der Waals surface area contributed by atoms with Crippen molar-refractivity contribution >= 4 is 17.8 Å². The third-order valence-electron chi connectivity index (χ3n) is 4.07. The number of carboxylic acid groups (broad SMARTS) is 1. The molecule has 7 nitrogen and oxygen atoms in total. The Labute approximate surface area is 144 Å². The number of likely N-dealkylation sites (tertiary alicyclic amines) is 1. The average Bonchev–Trinajstić information content (AvgIpc) is 2.77. The van der Waals surface area contributed by atoms with E-state index in [-0.39, 0.29) is 23.8 Å². The van der Waals surface area contributed by atoms with Gasteiger partial charge in [0.1, 0.15) is 0 Å². The van der Waals surface area contributed by atoms with Gasteiger partial charge in [-0.1, -0.05) is 12.5 Å². The molecule has 0 aromatic heterocycles. The molecule has 1 aliphatic rings. The fraction of sp³-hybridized carbons (Fsp3) is 0.471. The smallest absolute Gasteiger partial charge is 0.330 e. The van der Waals surface area contributed by atoms with E-state index < -0.39 is 23.7 Å². The van der Waals surface area contributed by atoms with Gasteiger partial charge in [0, 0.05) is 13.0 Å². The quantitative estimate of drug-likeness (QED) is 0.808. The average molecular weight is 352 g/mol. The molecule has 136 valence electrons. The van der Waals surface area contributed by atoms with E-state index in [0.29, 0.717) is 13.0 Å². The highest BCUT2D eigenvalue weighted by Crippen LogP contribution is 2.22. The summed E-state index contributed by atoms with van der Waals surface area (Å²) in [4.78, 5) is 37.0. The van der Waals surface area contributed by atoms with Crippen LogP contribution in [0, 0.1) is 5.82 Å². The van der Waals surface area contributed by atoms with Crippen LogP contribution >= 0.6 is 0 Å². The standard InChI is InChI=1S/C17H21FN2O5/c1-25-13-7-6-11(9-12(13)18)16(17(23)24)19-14(21)10-20-8-4-2-3-5-15(20)22/h6-7,9,16H,2-5,8,10H2,1H3,(H,19,21)(H,23,24). The zero-order chi connectivity index (χ0) is 18.4. The Hall–Kier alpha value is -2.64. The molecule has 1 heterocycles. The van der Waals surface area contributed by atoms with Crippen molar-refractivity contribution in [2.45, 2.75) is 31.7 Å². The maximum absolute atomic E-state index is 13.8. The van der Waals surface area contributed by atoms with Crippen LogP contribution in [-0.4, -0.2) is 48.0 Å². The highest BCUT2D eigenvalue weighted by molar-refractivity contribution is 5.88. The number of amides is 2. The number of aliphatic carboxylic acids is 1. The predicted octanol–water partition coefficient (Wildman–Crippen LogP) is 1.48. The number of carbonyl (C=O) groups excluding carboxylic acids is 2. The molecule has 0 bridgehead atoms. The van der Waals surface area contributed by atoms with Crippen LogP contribution in [0.3, 0.4) is 0 Å². The molecule has 0 radical (unpaired) electrons. The molecule has 1 atom stereocenters. The summed E-state index contributed by atoms with van der Waals surface area (Å²) >= 11 is 0. The Morgan fingerprint density at radius 3 is 2.76 bits per heavy atom. The molecule has 1 unspecified atom stereocenters. The van der Waals surface area contributed by atoms with Crippen molar-refractivity contribution in [3.63, 3.8) is 0 Å². The second kappa shape index (κ2) is 8.46. The van der Waals surface area contributed by atoms with E-state index in [1.54, 1.807) is 0 Å². The summed E-state index contributed by atoms with van der Waals surface area (Å²) in [5.74, 6) is -2.77. The SMILES string of the molecule is COc1ccc(C(NC(=O)CN2CCCCCC2=O)C(=O)O)cc1F. The van der Waals surface area contributed by atoms with Gasteiger partial charge in [-0.25, -0.2) is 9.18 Å². The summed E-state index contributed by atoms with van der Waals surface area (Å²) in [5, 5.41) is 11.7. The molecule has 2 rings (SSSR count). The van der Waals surface area contributed by atoms with Crippen molar-refractivity contribution in [2.75, 3.05) is 20.2 Å². The van der Waals surface area contributed by atoms with Crippen LogP contribution in [0.15, 0.2) is 18.2 Å². The highest BCUT2D eigenvalue weighted by Gasteiger charge is 2.25. The largest absolute Gasteiger partial charge is 0.494 e. The van der Waals surface area contributed by atoms with Crippen LogP contribution < -0.4 is 10.1 Å². The molecular weight excluding hydrogens is 331 g/mol. The number of hydrogen-bond acceptors (Lipinski definition) is 4. The lowest BCUT2D eigenvalue weighted by Gasteiger charge is -2.22. The van der Waals surface area contributed by atoms with Gasteiger partial charge in [0.2, 0.25) is 11.8 Å². The molecule has 1 aromatic rings. The van der Waals surface area contributed by atoms with Gasteiger partial charge in [0.25, 0.3) is 0 Å². The lowest BCUT2D eigenvalue weighted by molar-refractivity contribution is -0.142. The van der Waals surface area contributed by atoms with E-state index in [9.17, 15) is 23.9 Å². The van der Waals surface area contributed by atoms with Gasteiger partial charge >= 0.3 is 5.97 Å². The number of nitrogens with one attached hydrogen (secondary N) is 1. The van der Waals surface area contributed by atoms with Gasteiger partial charge in [0.15, 0.2) is 17.6 Å². The Balaban J connectivity index is 2.08. The summed E-state index contributed by atoms with van der Waals surface area (Å²) < 4.78 is 18.6. The van der Waals surface area contributed by atoms with Crippen molar-refractivity contribution in [3.8, 4) is 5.75 Å². The lowest BCUT2D eigenvalue weighted by Crippen LogP contribution is -2.43.